The molecule has 1 aliphatic heterocycles. The Labute approximate surface area is 144 Å². The van der Waals surface area contributed by atoms with Gasteiger partial charge in [0, 0.05) is 17.1 Å². The summed E-state index contributed by atoms with van der Waals surface area (Å²) in [5.41, 5.74) is 4.03. The Morgan fingerprint density at radius 1 is 1.12 bits per heavy atom. The third kappa shape index (κ3) is 3.00. The van der Waals surface area contributed by atoms with E-state index >= 15 is 0 Å². The van der Waals surface area contributed by atoms with Gasteiger partial charge in [0.05, 0.1) is 29.4 Å². The molecule has 1 aromatic heterocycles. The number of hydrogen-bond acceptors (Lipinski definition) is 6. The number of nitriles is 1. The molecule has 2 aromatic carbocycles. The second kappa shape index (κ2) is 6.21. The van der Waals surface area contributed by atoms with Gasteiger partial charge >= 0.3 is 0 Å². The SMILES string of the molecule is Cc1cc(N=NCc2ccc(C#N)cc2)c2cc3c(cc2n1)OCO3. The molecular weight excluding hydrogens is 316 g/mol. The normalized spacial score (nSPS) is 12.6. The Kier molecular flexibility index (Phi) is 3.75. The minimum absolute atomic E-state index is 0.222. The smallest absolute Gasteiger partial charge is 0.231 e. The Balaban J connectivity index is 1.65. The second-order valence-electron chi connectivity index (χ2n) is 5.71. The highest BCUT2D eigenvalue weighted by molar-refractivity contribution is 5.92. The fourth-order valence-corrected chi connectivity index (χ4v) is 2.69. The van der Waals surface area contributed by atoms with Crippen LogP contribution >= 0.6 is 0 Å². The van der Waals surface area contributed by atoms with Crippen molar-refractivity contribution in [1.29, 1.82) is 5.26 Å². The van der Waals surface area contributed by atoms with Gasteiger partial charge in [-0.05, 0) is 36.8 Å². The minimum Gasteiger partial charge on any atom is -0.454 e. The molecule has 0 saturated carbocycles. The fourth-order valence-electron chi connectivity index (χ4n) is 2.69. The van der Waals surface area contributed by atoms with Gasteiger partial charge in [0.25, 0.3) is 0 Å². The van der Waals surface area contributed by atoms with Crippen molar-refractivity contribution >= 4 is 16.6 Å². The monoisotopic (exact) mass is 330 g/mol. The number of azo groups is 1. The molecule has 3 aromatic rings. The van der Waals surface area contributed by atoms with E-state index in [1.807, 2.05) is 37.3 Å². The molecule has 0 aliphatic carbocycles. The second-order valence-corrected chi connectivity index (χ2v) is 5.71. The van der Waals surface area contributed by atoms with E-state index in [0.29, 0.717) is 23.6 Å². The molecule has 0 fully saturated rings. The van der Waals surface area contributed by atoms with Crippen molar-refractivity contribution in [3.63, 3.8) is 0 Å². The summed E-state index contributed by atoms with van der Waals surface area (Å²) < 4.78 is 10.8. The quantitative estimate of drug-likeness (QED) is 0.665. The summed E-state index contributed by atoms with van der Waals surface area (Å²) >= 11 is 0. The largest absolute Gasteiger partial charge is 0.454 e. The molecule has 0 amide bonds. The fraction of sp³-hybridized carbons (Fsp3) is 0.158. The molecule has 0 radical (unpaired) electrons. The number of aromatic nitrogens is 1. The van der Waals surface area contributed by atoms with E-state index in [1.54, 1.807) is 12.1 Å². The van der Waals surface area contributed by atoms with E-state index in [9.17, 15) is 0 Å². The van der Waals surface area contributed by atoms with Crippen LogP contribution in [0.15, 0.2) is 52.7 Å². The number of aryl methyl sites for hydroxylation is 1. The predicted molar refractivity (Wildman–Crippen MR) is 92.0 cm³/mol. The number of ether oxygens (including phenoxy) is 2. The van der Waals surface area contributed by atoms with E-state index in [0.717, 1.165) is 27.8 Å². The van der Waals surface area contributed by atoms with Gasteiger partial charge in [0.15, 0.2) is 11.5 Å². The topological polar surface area (TPSA) is 79.9 Å². The van der Waals surface area contributed by atoms with Crippen molar-refractivity contribution < 1.29 is 9.47 Å². The van der Waals surface area contributed by atoms with Crippen LogP contribution in [0.1, 0.15) is 16.8 Å². The molecule has 0 N–H and O–H groups in total. The van der Waals surface area contributed by atoms with Crippen LogP contribution in [-0.4, -0.2) is 11.8 Å². The Hall–Kier alpha value is -3.46. The van der Waals surface area contributed by atoms with E-state index in [-0.39, 0.29) is 6.79 Å². The number of fused-ring (bicyclic) bond motifs is 2. The van der Waals surface area contributed by atoms with E-state index < -0.39 is 0 Å². The van der Waals surface area contributed by atoms with Gasteiger partial charge < -0.3 is 9.47 Å². The lowest BCUT2D eigenvalue weighted by Crippen LogP contribution is -1.92. The molecular formula is C19H14N4O2. The van der Waals surface area contributed by atoms with Gasteiger partial charge in [-0.2, -0.15) is 15.5 Å². The maximum atomic E-state index is 8.83. The number of rotatable bonds is 3. The third-order valence-electron chi connectivity index (χ3n) is 3.92. The van der Waals surface area contributed by atoms with Crippen LogP contribution in [-0.2, 0) is 6.54 Å². The summed E-state index contributed by atoms with van der Waals surface area (Å²) in [5.74, 6) is 1.40. The maximum Gasteiger partial charge on any atom is 0.231 e. The molecule has 0 spiro atoms. The zero-order chi connectivity index (χ0) is 17.2. The minimum atomic E-state index is 0.222. The molecule has 0 saturated heterocycles. The average molecular weight is 330 g/mol. The summed E-state index contributed by atoms with van der Waals surface area (Å²) in [6, 6.07) is 15.1. The first-order chi connectivity index (χ1) is 12.2. The van der Waals surface area contributed by atoms with Gasteiger partial charge in [0.1, 0.15) is 0 Å². The maximum absolute atomic E-state index is 8.83. The van der Waals surface area contributed by atoms with Crippen LogP contribution in [0, 0.1) is 18.3 Å². The summed E-state index contributed by atoms with van der Waals surface area (Å²) in [6.45, 7) is 2.59. The van der Waals surface area contributed by atoms with Crippen LogP contribution in [0.2, 0.25) is 0 Å². The van der Waals surface area contributed by atoms with Gasteiger partial charge in [-0.15, -0.1) is 0 Å². The van der Waals surface area contributed by atoms with Gasteiger partial charge in [-0.3, -0.25) is 4.98 Å². The first kappa shape index (κ1) is 15.1. The Bertz CT molecular complexity index is 1020. The first-order valence-corrected chi connectivity index (χ1v) is 7.80. The first-order valence-electron chi connectivity index (χ1n) is 7.80. The van der Waals surface area contributed by atoms with Crippen LogP contribution in [0.25, 0.3) is 10.9 Å². The van der Waals surface area contributed by atoms with Crippen LogP contribution < -0.4 is 9.47 Å². The van der Waals surface area contributed by atoms with Crippen LogP contribution in [0.4, 0.5) is 5.69 Å². The molecule has 6 heteroatoms. The lowest BCUT2D eigenvalue weighted by molar-refractivity contribution is 0.174. The van der Waals surface area contributed by atoms with Gasteiger partial charge in [0.2, 0.25) is 6.79 Å². The van der Waals surface area contributed by atoms with Crippen molar-refractivity contribution in [3.05, 3.63) is 59.3 Å². The molecule has 4 rings (SSSR count). The summed E-state index contributed by atoms with van der Waals surface area (Å²) in [5, 5.41) is 18.4. The lowest BCUT2D eigenvalue weighted by atomic mass is 10.1. The molecule has 122 valence electrons. The molecule has 0 unspecified atom stereocenters. The molecule has 0 atom stereocenters. The number of hydrogen-bond donors (Lipinski definition) is 0. The zero-order valence-electron chi connectivity index (χ0n) is 13.6. The van der Waals surface area contributed by atoms with Crippen molar-refractivity contribution in [2.75, 3.05) is 6.79 Å². The Morgan fingerprint density at radius 2 is 1.88 bits per heavy atom. The van der Waals surface area contributed by atoms with E-state index in [2.05, 4.69) is 21.3 Å². The molecule has 0 bridgehead atoms. The van der Waals surface area contributed by atoms with Gasteiger partial charge in [-0.25, -0.2) is 0 Å². The average Bonchev–Trinajstić information content (AvgIpc) is 3.08. The highest BCUT2D eigenvalue weighted by atomic mass is 16.7. The molecule has 2 heterocycles. The number of benzene rings is 2. The lowest BCUT2D eigenvalue weighted by Gasteiger charge is -2.05. The summed E-state index contributed by atoms with van der Waals surface area (Å²) in [7, 11) is 0. The number of pyridine rings is 1. The molecule has 1 aliphatic rings. The van der Waals surface area contributed by atoms with E-state index in [4.69, 9.17) is 14.7 Å². The van der Waals surface area contributed by atoms with Crippen molar-refractivity contribution in [1.82, 2.24) is 4.98 Å². The van der Waals surface area contributed by atoms with Crippen molar-refractivity contribution in [3.8, 4) is 17.6 Å². The van der Waals surface area contributed by atoms with Gasteiger partial charge in [-0.1, -0.05) is 12.1 Å². The highest BCUT2D eigenvalue weighted by Crippen LogP contribution is 2.38. The summed E-state index contributed by atoms with van der Waals surface area (Å²) in [6.07, 6.45) is 0. The van der Waals surface area contributed by atoms with Crippen molar-refractivity contribution in [2.45, 2.75) is 13.5 Å². The molecule has 6 nitrogen and oxygen atoms in total. The van der Waals surface area contributed by atoms with Crippen LogP contribution in [0.5, 0.6) is 11.5 Å². The van der Waals surface area contributed by atoms with E-state index in [1.165, 1.54) is 0 Å². The third-order valence-corrected chi connectivity index (χ3v) is 3.92. The standard InChI is InChI=1S/C19H14N4O2/c1-12-6-17(23-21-10-14-4-2-13(9-20)3-5-14)15-7-18-19(25-11-24-18)8-16(15)22-12/h2-8H,10-11H2,1H3. The zero-order valence-corrected chi connectivity index (χ0v) is 13.6. The number of nitrogens with zero attached hydrogens (tertiary/aromatic N) is 4. The van der Waals surface area contributed by atoms with Crippen molar-refractivity contribution in [2.24, 2.45) is 10.2 Å². The van der Waals surface area contributed by atoms with Crippen LogP contribution in [0.3, 0.4) is 0 Å². The Morgan fingerprint density at radius 3 is 2.64 bits per heavy atom. The predicted octanol–water partition coefficient (Wildman–Crippen LogP) is 4.43. The summed E-state index contributed by atoms with van der Waals surface area (Å²) in [4.78, 5) is 4.53. The molecule has 25 heavy (non-hydrogen) atoms. The highest BCUT2D eigenvalue weighted by Gasteiger charge is 2.16.